The SMILES string of the molecule is N#CC1C=CCC(F)=C1F. The van der Waals surface area contributed by atoms with E-state index < -0.39 is 17.6 Å². The van der Waals surface area contributed by atoms with Crippen LogP contribution >= 0.6 is 0 Å². The molecule has 0 spiro atoms. The number of nitriles is 1. The molecule has 52 valence electrons. The lowest BCUT2D eigenvalue weighted by Gasteiger charge is -2.06. The Kier molecular flexibility index (Phi) is 1.81. The van der Waals surface area contributed by atoms with Crippen molar-refractivity contribution in [2.75, 3.05) is 0 Å². The van der Waals surface area contributed by atoms with Crippen LogP contribution in [0.15, 0.2) is 23.8 Å². The van der Waals surface area contributed by atoms with Crippen molar-refractivity contribution in [2.24, 2.45) is 5.92 Å². The Balaban J connectivity index is 2.88. The van der Waals surface area contributed by atoms with Gasteiger partial charge in [-0.15, -0.1) is 0 Å². The van der Waals surface area contributed by atoms with Gasteiger partial charge in [0.1, 0.15) is 11.7 Å². The summed E-state index contributed by atoms with van der Waals surface area (Å²) in [7, 11) is 0. The van der Waals surface area contributed by atoms with Crippen molar-refractivity contribution in [1.82, 2.24) is 0 Å². The highest BCUT2D eigenvalue weighted by Gasteiger charge is 2.18. The van der Waals surface area contributed by atoms with Crippen molar-refractivity contribution in [2.45, 2.75) is 6.42 Å². The van der Waals surface area contributed by atoms with E-state index in [-0.39, 0.29) is 6.42 Å². The van der Waals surface area contributed by atoms with Gasteiger partial charge in [0.05, 0.1) is 6.07 Å². The third-order valence-electron chi connectivity index (χ3n) is 1.30. The second-order valence-electron chi connectivity index (χ2n) is 1.99. The number of rotatable bonds is 0. The predicted octanol–water partition coefficient (Wildman–Crippen LogP) is 2.24. The minimum atomic E-state index is -1.01. The zero-order valence-electron chi connectivity index (χ0n) is 5.14. The largest absolute Gasteiger partial charge is 0.209 e. The maximum Gasteiger partial charge on any atom is 0.153 e. The van der Waals surface area contributed by atoms with Crippen molar-refractivity contribution in [1.29, 1.82) is 5.26 Å². The predicted molar refractivity (Wildman–Crippen MR) is 32.1 cm³/mol. The molecule has 3 heteroatoms. The first kappa shape index (κ1) is 6.94. The Morgan fingerprint density at radius 1 is 1.60 bits per heavy atom. The van der Waals surface area contributed by atoms with Crippen molar-refractivity contribution in [3.05, 3.63) is 23.8 Å². The molecule has 0 aromatic rings. The summed E-state index contributed by atoms with van der Waals surface area (Å²) in [6, 6.07) is 1.62. The topological polar surface area (TPSA) is 23.8 Å². The zero-order chi connectivity index (χ0) is 7.56. The van der Waals surface area contributed by atoms with Crippen molar-refractivity contribution in [3.8, 4) is 6.07 Å². The molecule has 1 unspecified atom stereocenters. The van der Waals surface area contributed by atoms with Crippen LogP contribution in [-0.4, -0.2) is 0 Å². The van der Waals surface area contributed by atoms with Crippen LogP contribution in [0.25, 0.3) is 0 Å². The van der Waals surface area contributed by atoms with E-state index in [0.717, 1.165) is 0 Å². The molecule has 1 aliphatic carbocycles. The molecule has 0 N–H and O–H groups in total. The summed E-state index contributed by atoms with van der Waals surface area (Å²) in [5.74, 6) is -2.77. The Hall–Kier alpha value is -1.17. The minimum Gasteiger partial charge on any atom is -0.209 e. The number of hydrogen-bond acceptors (Lipinski definition) is 1. The standard InChI is InChI=1S/C7H5F2N/c8-6-3-1-2-5(4-10)7(6)9/h1-2,5H,3H2. The van der Waals surface area contributed by atoms with Crippen molar-refractivity contribution >= 4 is 0 Å². The lowest BCUT2D eigenvalue weighted by Crippen LogP contribution is -1.99. The van der Waals surface area contributed by atoms with E-state index in [9.17, 15) is 8.78 Å². The lowest BCUT2D eigenvalue weighted by atomic mass is 10.0. The lowest BCUT2D eigenvalue weighted by molar-refractivity contribution is 0.481. The van der Waals surface area contributed by atoms with E-state index >= 15 is 0 Å². The molecule has 0 heterocycles. The van der Waals surface area contributed by atoms with Gasteiger partial charge in [-0.1, -0.05) is 12.2 Å². The quantitative estimate of drug-likeness (QED) is 0.474. The normalized spacial score (nSPS) is 24.7. The molecule has 1 atom stereocenters. The summed E-state index contributed by atoms with van der Waals surface area (Å²) in [6.45, 7) is 0. The maximum absolute atomic E-state index is 12.5. The molecule has 1 aliphatic rings. The number of nitrogens with zero attached hydrogens (tertiary/aromatic N) is 1. The summed E-state index contributed by atoms with van der Waals surface area (Å²) in [5.41, 5.74) is 0. The molecular formula is C7H5F2N. The van der Waals surface area contributed by atoms with Gasteiger partial charge in [0.25, 0.3) is 0 Å². The monoisotopic (exact) mass is 141 g/mol. The number of allylic oxidation sites excluding steroid dienone is 4. The second kappa shape index (κ2) is 2.61. The molecule has 0 amide bonds. The van der Waals surface area contributed by atoms with Crippen LogP contribution in [0.4, 0.5) is 8.78 Å². The average Bonchev–Trinajstić information content (AvgIpc) is 1.95. The highest BCUT2D eigenvalue weighted by molar-refractivity contribution is 5.24. The summed E-state index contributed by atoms with van der Waals surface area (Å²) < 4.78 is 24.8. The fourth-order valence-corrected chi connectivity index (χ4v) is 0.758. The van der Waals surface area contributed by atoms with Gasteiger partial charge in [0, 0.05) is 6.42 Å². The van der Waals surface area contributed by atoms with E-state index in [2.05, 4.69) is 0 Å². The first-order chi connectivity index (χ1) is 4.75. The van der Waals surface area contributed by atoms with Gasteiger partial charge in [-0.2, -0.15) is 5.26 Å². The van der Waals surface area contributed by atoms with Gasteiger partial charge in [0.2, 0.25) is 0 Å². The molecule has 10 heavy (non-hydrogen) atoms. The van der Waals surface area contributed by atoms with Crippen LogP contribution in [0, 0.1) is 17.2 Å². The molecule has 0 radical (unpaired) electrons. The summed E-state index contributed by atoms with van der Waals surface area (Å²) in [5, 5.41) is 8.24. The highest BCUT2D eigenvalue weighted by Crippen LogP contribution is 2.25. The van der Waals surface area contributed by atoms with Crippen molar-refractivity contribution < 1.29 is 8.78 Å². The molecule has 0 aliphatic heterocycles. The van der Waals surface area contributed by atoms with Crippen LogP contribution < -0.4 is 0 Å². The molecular weight excluding hydrogens is 136 g/mol. The summed E-state index contributed by atoms with van der Waals surface area (Å²) >= 11 is 0. The van der Waals surface area contributed by atoms with Crippen LogP contribution in [-0.2, 0) is 0 Å². The average molecular weight is 141 g/mol. The third kappa shape index (κ3) is 1.06. The molecule has 0 fully saturated rings. The number of halogens is 2. The van der Waals surface area contributed by atoms with Gasteiger partial charge in [-0.05, 0) is 0 Å². The minimum absolute atomic E-state index is 0.0238. The molecule has 0 saturated heterocycles. The molecule has 0 bridgehead atoms. The third-order valence-corrected chi connectivity index (χ3v) is 1.30. The summed E-state index contributed by atoms with van der Waals surface area (Å²) in [6.07, 6.45) is 2.79. The van der Waals surface area contributed by atoms with Crippen LogP contribution in [0.5, 0.6) is 0 Å². The molecule has 1 nitrogen and oxygen atoms in total. The van der Waals surface area contributed by atoms with Crippen LogP contribution in [0.1, 0.15) is 6.42 Å². The second-order valence-corrected chi connectivity index (χ2v) is 1.99. The van der Waals surface area contributed by atoms with Gasteiger partial charge < -0.3 is 0 Å². The summed E-state index contributed by atoms with van der Waals surface area (Å²) in [4.78, 5) is 0. The fourth-order valence-electron chi connectivity index (χ4n) is 0.758. The van der Waals surface area contributed by atoms with E-state index in [1.165, 1.54) is 12.2 Å². The molecule has 0 aromatic carbocycles. The van der Waals surface area contributed by atoms with E-state index in [1.54, 1.807) is 6.07 Å². The molecule has 0 aromatic heterocycles. The highest BCUT2D eigenvalue weighted by atomic mass is 19.2. The first-order valence-corrected chi connectivity index (χ1v) is 2.86. The van der Waals surface area contributed by atoms with E-state index in [4.69, 9.17) is 5.26 Å². The maximum atomic E-state index is 12.5. The van der Waals surface area contributed by atoms with Gasteiger partial charge in [-0.25, -0.2) is 8.78 Å². The molecule has 1 rings (SSSR count). The first-order valence-electron chi connectivity index (χ1n) is 2.86. The Bertz CT molecular complexity index is 234. The smallest absolute Gasteiger partial charge is 0.153 e. The van der Waals surface area contributed by atoms with Crippen LogP contribution in [0.2, 0.25) is 0 Å². The van der Waals surface area contributed by atoms with Gasteiger partial charge >= 0.3 is 0 Å². The molecule has 0 saturated carbocycles. The van der Waals surface area contributed by atoms with Gasteiger partial charge in [-0.3, -0.25) is 0 Å². The van der Waals surface area contributed by atoms with Crippen LogP contribution in [0.3, 0.4) is 0 Å². The Labute approximate surface area is 57.3 Å². The zero-order valence-corrected chi connectivity index (χ0v) is 5.14. The van der Waals surface area contributed by atoms with Gasteiger partial charge in [0.15, 0.2) is 5.83 Å². The Morgan fingerprint density at radius 3 is 2.80 bits per heavy atom. The Morgan fingerprint density at radius 2 is 2.30 bits per heavy atom. The number of hydrogen-bond donors (Lipinski definition) is 0. The fraction of sp³-hybridized carbons (Fsp3) is 0.286. The van der Waals surface area contributed by atoms with E-state index in [0.29, 0.717) is 0 Å². The van der Waals surface area contributed by atoms with Crippen molar-refractivity contribution in [3.63, 3.8) is 0 Å². The van der Waals surface area contributed by atoms with E-state index in [1.807, 2.05) is 0 Å².